The number of nitrogens with one attached hydrogen (secondary N) is 1. The summed E-state index contributed by atoms with van der Waals surface area (Å²) in [4.78, 5) is 17.9. The van der Waals surface area contributed by atoms with E-state index in [1.807, 2.05) is 4.57 Å². The Hall–Kier alpha value is -1.81. The lowest BCUT2D eigenvalue weighted by molar-refractivity contribution is 0.123. The third kappa shape index (κ3) is 2.73. The Morgan fingerprint density at radius 2 is 2.08 bits per heavy atom. The fourth-order valence-electron chi connectivity index (χ4n) is 4.04. The molecule has 1 aromatic heterocycles. The van der Waals surface area contributed by atoms with Crippen LogP contribution < -0.4 is 5.69 Å². The van der Waals surface area contributed by atoms with Gasteiger partial charge in [0.25, 0.3) is 0 Å². The van der Waals surface area contributed by atoms with Gasteiger partial charge in [-0.1, -0.05) is 26.0 Å². The summed E-state index contributed by atoms with van der Waals surface area (Å²) in [6, 6.07) is 4.61. The number of aromatic nitrogens is 2. The highest BCUT2D eigenvalue weighted by Gasteiger charge is 2.30. The van der Waals surface area contributed by atoms with E-state index in [9.17, 15) is 4.79 Å². The second-order valence-electron chi connectivity index (χ2n) is 7.39. The first-order valence-electron chi connectivity index (χ1n) is 9.02. The largest absolute Gasteiger partial charge is 0.326 e. The van der Waals surface area contributed by atoms with E-state index in [-0.39, 0.29) is 11.1 Å². The van der Waals surface area contributed by atoms with E-state index in [1.165, 1.54) is 11.1 Å². The Balaban J connectivity index is 2.05. The Morgan fingerprint density at radius 3 is 2.71 bits per heavy atom. The van der Waals surface area contributed by atoms with Crippen LogP contribution in [0.5, 0.6) is 0 Å². The summed E-state index contributed by atoms with van der Waals surface area (Å²) >= 11 is 0. The summed E-state index contributed by atoms with van der Waals surface area (Å²) in [6.07, 6.45) is 4.31. The third-order valence-corrected chi connectivity index (χ3v) is 5.89. The molecule has 24 heavy (non-hydrogen) atoms. The van der Waals surface area contributed by atoms with Crippen molar-refractivity contribution in [1.29, 1.82) is 0 Å². The van der Waals surface area contributed by atoms with Gasteiger partial charge in [0.2, 0.25) is 0 Å². The highest BCUT2D eigenvalue weighted by Crippen LogP contribution is 2.32. The van der Waals surface area contributed by atoms with Gasteiger partial charge in [-0.15, -0.1) is 6.58 Å². The molecule has 4 heteroatoms. The number of aromatic amines is 1. The first-order valence-corrected chi connectivity index (χ1v) is 9.02. The van der Waals surface area contributed by atoms with Crippen molar-refractivity contribution in [1.82, 2.24) is 14.5 Å². The molecular weight excluding hydrogens is 298 g/mol. The van der Waals surface area contributed by atoms with Gasteiger partial charge in [0.15, 0.2) is 0 Å². The average molecular weight is 327 g/mol. The number of imidazole rings is 1. The van der Waals surface area contributed by atoms with Crippen molar-refractivity contribution < 1.29 is 0 Å². The minimum absolute atomic E-state index is 0.00603. The van der Waals surface area contributed by atoms with E-state index < -0.39 is 0 Å². The van der Waals surface area contributed by atoms with Gasteiger partial charge >= 0.3 is 5.69 Å². The second-order valence-corrected chi connectivity index (χ2v) is 7.39. The maximum atomic E-state index is 12.4. The zero-order chi connectivity index (χ0) is 17.5. The molecule has 1 atom stereocenters. The molecule has 1 aliphatic heterocycles. The molecule has 3 rings (SSSR count). The first kappa shape index (κ1) is 17.0. The van der Waals surface area contributed by atoms with E-state index >= 15 is 0 Å². The van der Waals surface area contributed by atoms with Crippen molar-refractivity contribution in [2.75, 3.05) is 6.54 Å². The van der Waals surface area contributed by atoms with Crippen molar-refractivity contribution in [3.63, 3.8) is 0 Å². The van der Waals surface area contributed by atoms with E-state index in [2.05, 4.69) is 62.4 Å². The molecule has 2 heterocycles. The smallest absolute Gasteiger partial charge is 0.306 e. The lowest BCUT2D eigenvalue weighted by Crippen LogP contribution is -2.42. The predicted molar refractivity (Wildman–Crippen MR) is 100 cm³/mol. The fourth-order valence-corrected chi connectivity index (χ4v) is 4.04. The molecule has 130 valence electrons. The molecule has 1 aliphatic rings. The zero-order valence-corrected chi connectivity index (χ0v) is 15.4. The molecule has 0 bridgehead atoms. The average Bonchev–Trinajstić information content (AvgIpc) is 2.78. The van der Waals surface area contributed by atoms with Crippen LogP contribution in [0.1, 0.15) is 44.7 Å². The molecule has 0 unspecified atom stereocenters. The van der Waals surface area contributed by atoms with Gasteiger partial charge in [-0.05, 0) is 43.9 Å². The van der Waals surface area contributed by atoms with Crippen LogP contribution >= 0.6 is 0 Å². The van der Waals surface area contributed by atoms with Crippen LogP contribution in [-0.4, -0.2) is 27.0 Å². The molecular formula is C20H29N3O. The molecule has 1 aromatic carbocycles. The minimum Gasteiger partial charge on any atom is -0.306 e. The van der Waals surface area contributed by atoms with Gasteiger partial charge in [-0.2, -0.15) is 0 Å². The molecule has 1 N–H and O–H groups in total. The van der Waals surface area contributed by atoms with Gasteiger partial charge in [-0.25, -0.2) is 4.79 Å². The Kier molecular flexibility index (Phi) is 4.43. The van der Waals surface area contributed by atoms with Crippen LogP contribution in [-0.2, 0) is 13.1 Å². The van der Waals surface area contributed by atoms with Crippen LogP contribution in [0.15, 0.2) is 29.6 Å². The number of nitrogens with zero attached hydrogens (tertiary/aromatic N) is 2. The maximum absolute atomic E-state index is 12.4. The van der Waals surface area contributed by atoms with Crippen LogP contribution in [0.4, 0.5) is 0 Å². The van der Waals surface area contributed by atoms with Crippen molar-refractivity contribution in [2.45, 2.75) is 59.7 Å². The summed E-state index contributed by atoms with van der Waals surface area (Å²) in [5.74, 6) is 0. The van der Waals surface area contributed by atoms with Gasteiger partial charge < -0.3 is 4.98 Å². The van der Waals surface area contributed by atoms with Gasteiger partial charge in [0.1, 0.15) is 0 Å². The topological polar surface area (TPSA) is 41.0 Å². The van der Waals surface area contributed by atoms with Crippen molar-refractivity contribution in [3.8, 4) is 0 Å². The van der Waals surface area contributed by atoms with Crippen LogP contribution in [0.2, 0.25) is 0 Å². The van der Waals surface area contributed by atoms with E-state index in [0.29, 0.717) is 6.04 Å². The highest BCUT2D eigenvalue weighted by molar-refractivity contribution is 5.80. The van der Waals surface area contributed by atoms with Crippen molar-refractivity contribution in [3.05, 3.63) is 46.4 Å². The molecule has 4 nitrogen and oxygen atoms in total. The summed E-state index contributed by atoms with van der Waals surface area (Å²) in [6.45, 7) is 15.5. The van der Waals surface area contributed by atoms with E-state index in [4.69, 9.17) is 0 Å². The normalized spacial score (nSPS) is 18.8. The summed E-state index contributed by atoms with van der Waals surface area (Å²) in [5, 5.41) is 0. The SMILES string of the molecule is C=CC(CC)(CC)CN1Cc2cc(C)cc3[nH]c(=O)n(c23)C[C@@H]1C. The van der Waals surface area contributed by atoms with Crippen LogP contribution in [0.3, 0.4) is 0 Å². The molecule has 0 aliphatic carbocycles. The maximum Gasteiger partial charge on any atom is 0.326 e. The highest BCUT2D eigenvalue weighted by atomic mass is 16.1. The number of hydrogen-bond acceptors (Lipinski definition) is 2. The van der Waals surface area contributed by atoms with Crippen molar-refractivity contribution >= 4 is 11.0 Å². The molecule has 0 fully saturated rings. The lowest BCUT2D eigenvalue weighted by Gasteiger charge is -2.37. The van der Waals surface area contributed by atoms with Crippen LogP contribution in [0, 0.1) is 12.3 Å². The third-order valence-electron chi connectivity index (χ3n) is 5.89. The molecule has 0 amide bonds. The number of aryl methyl sites for hydroxylation is 1. The molecule has 0 saturated heterocycles. The summed E-state index contributed by atoms with van der Waals surface area (Å²) in [5.41, 5.74) is 4.63. The zero-order valence-electron chi connectivity index (χ0n) is 15.4. The standard InChI is InChI=1S/C20H29N3O/c1-6-20(7-2,8-3)13-22-12-16-9-14(4)10-17-18(16)23(11-15(22)5)19(24)21-17/h6,9-10,15H,1,7-8,11-13H2,2-5H3,(H,21,24)/t15-/m0/s1. The number of benzene rings is 1. The molecule has 0 radical (unpaired) electrons. The monoisotopic (exact) mass is 327 g/mol. The molecule has 2 aromatic rings. The predicted octanol–water partition coefficient (Wildman–Crippen LogP) is 3.83. The Morgan fingerprint density at radius 1 is 1.38 bits per heavy atom. The van der Waals surface area contributed by atoms with Crippen LogP contribution in [0.25, 0.3) is 11.0 Å². The Labute approximate surface area is 144 Å². The molecule has 0 saturated carbocycles. The lowest BCUT2D eigenvalue weighted by atomic mass is 9.81. The number of hydrogen-bond donors (Lipinski definition) is 1. The second kappa shape index (κ2) is 6.25. The first-order chi connectivity index (χ1) is 11.4. The summed E-state index contributed by atoms with van der Waals surface area (Å²) < 4.78 is 1.92. The quantitative estimate of drug-likeness (QED) is 0.848. The fraction of sp³-hybridized carbons (Fsp3) is 0.550. The van der Waals surface area contributed by atoms with Gasteiger partial charge in [0, 0.05) is 31.1 Å². The summed E-state index contributed by atoms with van der Waals surface area (Å²) in [7, 11) is 0. The minimum atomic E-state index is 0.00603. The Bertz CT molecular complexity index is 810. The van der Waals surface area contributed by atoms with E-state index in [0.717, 1.165) is 43.5 Å². The van der Waals surface area contributed by atoms with E-state index in [1.54, 1.807) is 0 Å². The van der Waals surface area contributed by atoms with Crippen molar-refractivity contribution in [2.24, 2.45) is 5.41 Å². The molecule has 0 spiro atoms. The van der Waals surface area contributed by atoms with Gasteiger partial charge in [0.05, 0.1) is 11.0 Å². The van der Waals surface area contributed by atoms with Gasteiger partial charge in [-0.3, -0.25) is 9.47 Å². The number of H-pyrrole nitrogens is 1. The number of rotatable bonds is 5.